The van der Waals surface area contributed by atoms with Gasteiger partial charge in [0.2, 0.25) is 0 Å². The standard InChI is InChI=1S/C12H25N3.HI/c1-4-14-12(13)15(3)9-11-7-5-10(2)6-8-11;/h10-11H,4-9H2,1-3H3,(H2,13,14);1H. The predicted octanol–water partition coefficient (Wildman–Crippen LogP) is 2.70. The lowest BCUT2D eigenvalue weighted by Crippen LogP contribution is -2.38. The minimum absolute atomic E-state index is 0. The predicted molar refractivity (Wildman–Crippen MR) is 81.3 cm³/mol. The maximum atomic E-state index is 5.85. The third kappa shape index (κ3) is 5.37. The van der Waals surface area contributed by atoms with E-state index in [4.69, 9.17) is 5.73 Å². The Bertz CT molecular complexity index is 210. The number of nitrogens with two attached hydrogens (primary N) is 1. The SMILES string of the molecule is CCN=C(N)N(C)CC1CCC(C)CC1.I. The molecule has 16 heavy (non-hydrogen) atoms. The van der Waals surface area contributed by atoms with Gasteiger partial charge in [-0.3, -0.25) is 4.99 Å². The molecule has 0 aromatic heterocycles. The summed E-state index contributed by atoms with van der Waals surface area (Å²) < 4.78 is 0. The Balaban J connectivity index is 0.00000225. The van der Waals surface area contributed by atoms with Crippen LogP contribution < -0.4 is 5.73 Å². The van der Waals surface area contributed by atoms with Crippen LogP contribution in [0.15, 0.2) is 4.99 Å². The molecule has 0 saturated heterocycles. The minimum Gasteiger partial charge on any atom is -0.370 e. The van der Waals surface area contributed by atoms with Gasteiger partial charge in [-0.15, -0.1) is 24.0 Å². The second-order valence-electron chi connectivity index (χ2n) is 4.84. The van der Waals surface area contributed by atoms with Crippen LogP contribution in [0.1, 0.15) is 39.5 Å². The van der Waals surface area contributed by atoms with Crippen molar-refractivity contribution < 1.29 is 0 Å². The van der Waals surface area contributed by atoms with Crippen LogP contribution in [0.5, 0.6) is 0 Å². The van der Waals surface area contributed by atoms with E-state index < -0.39 is 0 Å². The average Bonchev–Trinajstić information content (AvgIpc) is 2.22. The first-order valence-corrected chi connectivity index (χ1v) is 6.14. The van der Waals surface area contributed by atoms with Crippen LogP contribution >= 0.6 is 24.0 Å². The molecule has 0 heterocycles. The van der Waals surface area contributed by atoms with Gasteiger partial charge in [0, 0.05) is 20.1 Å². The lowest BCUT2D eigenvalue weighted by atomic mass is 9.83. The normalized spacial score (nSPS) is 26.1. The number of rotatable bonds is 3. The van der Waals surface area contributed by atoms with Crippen LogP contribution in [0, 0.1) is 11.8 Å². The minimum atomic E-state index is 0. The van der Waals surface area contributed by atoms with Crippen LogP contribution in [-0.4, -0.2) is 31.0 Å². The summed E-state index contributed by atoms with van der Waals surface area (Å²) >= 11 is 0. The molecule has 0 bridgehead atoms. The van der Waals surface area contributed by atoms with Crippen molar-refractivity contribution in [2.45, 2.75) is 39.5 Å². The first-order chi connectivity index (χ1) is 7.13. The maximum absolute atomic E-state index is 5.85. The zero-order chi connectivity index (χ0) is 11.3. The summed E-state index contributed by atoms with van der Waals surface area (Å²) in [4.78, 5) is 6.33. The fraction of sp³-hybridized carbons (Fsp3) is 0.917. The molecule has 1 aliphatic rings. The molecule has 1 fully saturated rings. The topological polar surface area (TPSA) is 41.6 Å². The van der Waals surface area contributed by atoms with Gasteiger partial charge in [-0.25, -0.2) is 0 Å². The van der Waals surface area contributed by atoms with Gasteiger partial charge >= 0.3 is 0 Å². The molecule has 0 spiro atoms. The van der Waals surface area contributed by atoms with Gasteiger partial charge in [-0.1, -0.05) is 19.8 Å². The first kappa shape index (κ1) is 16.0. The molecule has 0 atom stereocenters. The second kappa shape index (κ2) is 8.14. The summed E-state index contributed by atoms with van der Waals surface area (Å²) in [5.41, 5.74) is 5.85. The van der Waals surface area contributed by atoms with E-state index in [1.54, 1.807) is 0 Å². The van der Waals surface area contributed by atoms with Crippen LogP contribution in [0.25, 0.3) is 0 Å². The van der Waals surface area contributed by atoms with Gasteiger partial charge in [0.05, 0.1) is 0 Å². The van der Waals surface area contributed by atoms with Gasteiger partial charge in [0.1, 0.15) is 0 Å². The average molecular weight is 339 g/mol. The summed E-state index contributed by atoms with van der Waals surface area (Å²) in [6.45, 7) is 6.22. The van der Waals surface area contributed by atoms with Crippen molar-refractivity contribution in [3.8, 4) is 0 Å². The molecular weight excluding hydrogens is 313 g/mol. The van der Waals surface area contributed by atoms with E-state index in [2.05, 4.69) is 16.8 Å². The van der Waals surface area contributed by atoms with E-state index in [9.17, 15) is 0 Å². The van der Waals surface area contributed by atoms with Crippen molar-refractivity contribution in [1.29, 1.82) is 0 Å². The van der Waals surface area contributed by atoms with Gasteiger partial charge in [-0.05, 0) is 31.6 Å². The monoisotopic (exact) mass is 339 g/mol. The molecule has 4 heteroatoms. The molecule has 0 aromatic carbocycles. The van der Waals surface area contributed by atoms with Crippen molar-refractivity contribution >= 4 is 29.9 Å². The third-order valence-corrected chi connectivity index (χ3v) is 3.38. The first-order valence-electron chi connectivity index (χ1n) is 6.14. The van der Waals surface area contributed by atoms with Crippen molar-refractivity contribution in [3.63, 3.8) is 0 Å². The summed E-state index contributed by atoms with van der Waals surface area (Å²) in [7, 11) is 2.05. The van der Waals surface area contributed by atoms with Gasteiger partial charge < -0.3 is 10.6 Å². The summed E-state index contributed by atoms with van der Waals surface area (Å²) in [5.74, 6) is 2.43. The number of hydrogen-bond acceptors (Lipinski definition) is 1. The van der Waals surface area contributed by atoms with E-state index in [1.807, 2.05) is 14.0 Å². The number of nitrogens with zero attached hydrogens (tertiary/aromatic N) is 2. The number of hydrogen-bond donors (Lipinski definition) is 1. The second-order valence-corrected chi connectivity index (χ2v) is 4.84. The smallest absolute Gasteiger partial charge is 0.190 e. The van der Waals surface area contributed by atoms with E-state index in [0.717, 1.165) is 24.9 Å². The molecule has 1 rings (SSSR count). The molecule has 0 unspecified atom stereocenters. The summed E-state index contributed by atoms with van der Waals surface area (Å²) in [6, 6.07) is 0. The Morgan fingerprint density at radius 2 is 1.88 bits per heavy atom. The number of guanidine groups is 1. The molecule has 0 aliphatic heterocycles. The van der Waals surface area contributed by atoms with E-state index in [1.165, 1.54) is 25.7 Å². The highest BCUT2D eigenvalue weighted by Crippen LogP contribution is 2.28. The molecule has 1 saturated carbocycles. The van der Waals surface area contributed by atoms with Crippen LogP contribution in [-0.2, 0) is 0 Å². The van der Waals surface area contributed by atoms with Crippen LogP contribution in [0.3, 0.4) is 0 Å². The highest BCUT2D eigenvalue weighted by atomic mass is 127. The van der Waals surface area contributed by atoms with E-state index >= 15 is 0 Å². The number of aliphatic imine (C=N–C) groups is 1. The number of halogens is 1. The highest BCUT2D eigenvalue weighted by molar-refractivity contribution is 14.0. The fourth-order valence-corrected chi connectivity index (χ4v) is 2.28. The van der Waals surface area contributed by atoms with Crippen molar-refractivity contribution in [2.24, 2.45) is 22.6 Å². The Labute approximate surface area is 117 Å². The molecule has 0 radical (unpaired) electrons. The Morgan fingerprint density at radius 1 is 1.31 bits per heavy atom. The highest BCUT2D eigenvalue weighted by Gasteiger charge is 2.19. The Morgan fingerprint density at radius 3 is 2.38 bits per heavy atom. The molecule has 0 aromatic rings. The molecule has 96 valence electrons. The quantitative estimate of drug-likeness (QED) is 0.488. The summed E-state index contributed by atoms with van der Waals surface area (Å²) in [5, 5.41) is 0. The summed E-state index contributed by atoms with van der Waals surface area (Å²) in [6.07, 6.45) is 5.46. The Hall–Kier alpha value is 0. The largest absolute Gasteiger partial charge is 0.370 e. The van der Waals surface area contributed by atoms with Gasteiger partial charge in [0.25, 0.3) is 0 Å². The molecule has 1 aliphatic carbocycles. The van der Waals surface area contributed by atoms with E-state index in [-0.39, 0.29) is 24.0 Å². The van der Waals surface area contributed by atoms with E-state index in [0.29, 0.717) is 5.96 Å². The molecular formula is C12H26IN3. The molecule has 0 amide bonds. The lowest BCUT2D eigenvalue weighted by Gasteiger charge is -2.30. The molecule has 3 nitrogen and oxygen atoms in total. The van der Waals surface area contributed by atoms with Crippen molar-refractivity contribution in [2.75, 3.05) is 20.1 Å². The third-order valence-electron chi connectivity index (χ3n) is 3.38. The zero-order valence-electron chi connectivity index (χ0n) is 10.8. The van der Waals surface area contributed by atoms with Crippen molar-refractivity contribution in [3.05, 3.63) is 0 Å². The van der Waals surface area contributed by atoms with Crippen LogP contribution in [0.4, 0.5) is 0 Å². The molecule has 2 N–H and O–H groups in total. The van der Waals surface area contributed by atoms with Gasteiger partial charge in [-0.2, -0.15) is 0 Å². The zero-order valence-corrected chi connectivity index (χ0v) is 13.1. The lowest BCUT2D eigenvalue weighted by molar-refractivity contribution is 0.251. The maximum Gasteiger partial charge on any atom is 0.190 e. The fourth-order valence-electron chi connectivity index (χ4n) is 2.28. The van der Waals surface area contributed by atoms with Crippen molar-refractivity contribution in [1.82, 2.24) is 4.90 Å². The Kier molecular flexibility index (Phi) is 8.14. The van der Waals surface area contributed by atoms with Gasteiger partial charge in [0.15, 0.2) is 5.96 Å². The van der Waals surface area contributed by atoms with Crippen LogP contribution in [0.2, 0.25) is 0 Å².